The lowest BCUT2D eigenvalue weighted by Gasteiger charge is -2.08. The summed E-state index contributed by atoms with van der Waals surface area (Å²) >= 11 is 0. The molecule has 0 aliphatic rings. The Labute approximate surface area is 142 Å². The Morgan fingerprint density at radius 1 is 0.920 bits per heavy atom. The second kappa shape index (κ2) is 7.10. The molecule has 1 aromatic heterocycles. The van der Waals surface area contributed by atoms with Crippen LogP contribution < -0.4 is 9.47 Å². The van der Waals surface area contributed by atoms with Gasteiger partial charge in [-0.25, -0.2) is 0 Å². The van der Waals surface area contributed by atoms with E-state index in [1.54, 1.807) is 30.3 Å². The molecule has 0 fully saturated rings. The van der Waals surface area contributed by atoms with Gasteiger partial charge in [0, 0.05) is 18.2 Å². The van der Waals surface area contributed by atoms with Crippen molar-refractivity contribution in [1.29, 1.82) is 5.26 Å². The molecule has 3 rings (SSSR count). The number of benzene rings is 2. The third kappa shape index (κ3) is 3.89. The van der Waals surface area contributed by atoms with Gasteiger partial charge in [0.05, 0.1) is 4.92 Å². The van der Waals surface area contributed by atoms with E-state index in [4.69, 9.17) is 14.7 Å². The third-order valence-corrected chi connectivity index (χ3v) is 3.16. The zero-order chi connectivity index (χ0) is 17.6. The monoisotopic (exact) mass is 333 g/mol. The van der Waals surface area contributed by atoms with E-state index >= 15 is 0 Å². The van der Waals surface area contributed by atoms with Gasteiger partial charge in [-0.05, 0) is 24.3 Å². The summed E-state index contributed by atoms with van der Waals surface area (Å²) < 4.78 is 11.3. The van der Waals surface area contributed by atoms with Gasteiger partial charge in [0.2, 0.25) is 11.6 Å². The van der Waals surface area contributed by atoms with Crippen molar-refractivity contribution < 1.29 is 14.4 Å². The van der Waals surface area contributed by atoms with Gasteiger partial charge in [0.15, 0.2) is 0 Å². The average Bonchev–Trinajstić information content (AvgIpc) is 2.62. The lowest BCUT2D eigenvalue weighted by atomic mass is 10.3. The molecule has 0 atom stereocenters. The molecule has 0 unspecified atom stereocenters. The summed E-state index contributed by atoms with van der Waals surface area (Å²) in [6.07, 6.45) is 0. The van der Waals surface area contributed by atoms with Crippen LogP contribution in [-0.4, -0.2) is 9.91 Å². The maximum Gasteiger partial charge on any atom is 0.305 e. The molecule has 0 radical (unpaired) electrons. The number of ether oxygens (including phenoxy) is 2. The van der Waals surface area contributed by atoms with E-state index < -0.39 is 4.92 Å². The highest BCUT2D eigenvalue weighted by Gasteiger charge is 2.16. The first-order valence-corrected chi connectivity index (χ1v) is 7.22. The summed E-state index contributed by atoms with van der Waals surface area (Å²) in [6.45, 7) is 0. The van der Waals surface area contributed by atoms with E-state index in [1.807, 2.05) is 30.3 Å². The Kier molecular flexibility index (Phi) is 4.53. The highest BCUT2D eigenvalue weighted by molar-refractivity contribution is 5.46. The van der Waals surface area contributed by atoms with Crippen molar-refractivity contribution in [1.82, 2.24) is 4.98 Å². The molecule has 0 saturated carbocycles. The molecular formula is C18H11N3O4. The van der Waals surface area contributed by atoms with Gasteiger partial charge in [0.1, 0.15) is 23.3 Å². The molecule has 3 aromatic rings. The molecule has 0 bridgehead atoms. The molecular weight excluding hydrogens is 322 g/mol. The maximum absolute atomic E-state index is 10.8. The number of hydrogen-bond donors (Lipinski definition) is 0. The molecule has 0 aliphatic heterocycles. The molecule has 122 valence electrons. The first-order chi connectivity index (χ1) is 12.2. The number of pyridine rings is 1. The molecule has 0 spiro atoms. The van der Waals surface area contributed by atoms with Gasteiger partial charge in [-0.15, -0.1) is 0 Å². The van der Waals surface area contributed by atoms with Gasteiger partial charge in [0.25, 0.3) is 0 Å². The summed E-state index contributed by atoms with van der Waals surface area (Å²) in [5.41, 5.74) is -0.671. The molecule has 1 heterocycles. The topological polar surface area (TPSA) is 98.3 Å². The fraction of sp³-hybridized carbons (Fsp3) is 0. The van der Waals surface area contributed by atoms with Crippen LogP contribution in [0.2, 0.25) is 0 Å². The minimum atomic E-state index is -0.663. The van der Waals surface area contributed by atoms with E-state index in [2.05, 4.69) is 4.98 Å². The van der Waals surface area contributed by atoms with Crippen LogP contribution in [-0.2, 0) is 0 Å². The van der Waals surface area contributed by atoms with E-state index in [9.17, 15) is 10.1 Å². The van der Waals surface area contributed by atoms with Gasteiger partial charge < -0.3 is 9.47 Å². The standard InChI is InChI=1S/C18H11N3O4/c19-12-16-17(21(22)23)9-10-18(20-16)25-15-8-4-7-14(11-15)24-13-5-2-1-3-6-13/h1-11H. The average molecular weight is 333 g/mol. The van der Waals surface area contributed by atoms with Gasteiger partial charge >= 0.3 is 5.69 Å². The van der Waals surface area contributed by atoms with E-state index in [1.165, 1.54) is 12.1 Å². The minimum Gasteiger partial charge on any atom is -0.457 e. The Hall–Kier alpha value is -3.92. The van der Waals surface area contributed by atoms with Crippen LogP contribution in [0, 0.1) is 21.4 Å². The van der Waals surface area contributed by atoms with Crippen LogP contribution in [0.5, 0.6) is 23.1 Å². The van der Waals surface area contributed by atoms with Crippen LogP contribution in [0.3, 0.4) is 0 Å². The molecule has 7 nitrogen and oxygen atoms in total. The number of nitro groups is 1. The minimum absolute atomic E-state index is 0.0824. The largest absolute Gasteiger partial charge is 0.457 e. The van der Waals surface area contributed by atoms with Crippen LogP contribution in [0.25, 0.3) is 0 Å². The molecule has 0 aliphatic carbocycles. The van der Waals surface area contributed by atoms with Gasteiger partial charge in [-0.3, -0.25) is 10.1 Å². The Bertz CT molecular complexity index is 952. The molecule has 7 heteroatoms. The van der Waals surface area contributed by atoms with Crippen molar-refractivity contribution in [3.8, 4) is 29.2 Å². The molecule has 0 N–H and O–H groups in total. The third-order valence-electron chi connectivity index (χ3n) is 3.16. The fourth-order valence-electron chi connectivity index (χ4n) is 2.07. The first-order valence-electron chi connectivity index (χ1n) is 7.22. The van der Waals surface area contributed by atoms with Gasteiger partial charge in [-0.2, -0.15) is 10.2 Å². The predicted molar refractivity (Wildman–Crippen MR) is 88.6 cm³/mol. The zero-order valence-corrected chi connectivity index (χ0v) is 12.8. The van der Waals surface area contributed by atoms with Crippen LogP contribution in [0.15, 0.2) is 66.7 Å². The van der Waals surface area contributed by atoms with Crippen LogP contribution >= 0.6 is 0 Å². The van der Waals surface area contributed by atoms with Crippen molar-refractivity contribution in [2.24, 2.45) is 0 Å². The van der Waals surface area contributed by atoms with E-state index in [-0.39, 0.29) is 17.3 Å². The van der Waals surface area contributed by atoms with Crippen LogP contribution in [0.4, 0.5) is 5.69 Å². The van der Waals surface area contributed by atoms with Crippen molar-refractivity contribution in [2.45, 2.75) is 0 Å². The van der Waals surface area contributed by atoms with E-state index in [0.717, 1.165) is 0 Å². The Morgan fingerprint density at radius 2 is 1.60 bits per heavy atom. The summed E-state index contributed by atoms with van der Waals surface area (Å²) in [6, 6.07) is 20.3. The van der Waals surface area contributed by atoms with Crippen molar-refractivity contribution in [3.63, 3.8) is 0 Å². The normalized spacial score (nSPS) is 9.88. The van der Waals surface area contributed by atoms with Crippen molar-refractivity contribution >= 4 is 5.69 Å². The second-order valence-electron chi connectivity index (χ2n) is 4.88. The number of aromatic nitrogens is 1. The highest BCUT2D eigenvalue weighted by Crippen LogP contribution is 2.28. The van der Waals surface area contributed by atoms with Crippen molar-refractivity contribution in [2.75, 3.05) is 0 Å². The first kappa shape index (κ1) is 16.0. The maximum atomic E-state index is 10.8. The van der Waals surface area contributed by atoms with Gasteiger partial charge in [-0.1, -0.05) is 24.3 Å². The quantitative estimate of drug-likeness (QED) is 0.505. The fourth-order valence-corrected chi connectivity index (χ4v) is 2.07. The number of para-hydroxylation sites is 1. The summed E-state index contributed by atoms with van der Waals surface area (Å²) in [4.78, 5) is 14.0. The SMILES string of the molecule is N#Cc1nc(Oc2cccc(Oc3ccccc3)c2)ccc1[N+](=O)[O-]. The Morgan fingerprint density at radius 3 is 2.28 bits per heavy atom. The summed E-state index contributed by atoms with van der Waals surface area (Å²) in [5, 5.41) is 19.8. The smallest absolute Gasteiger partial charge is 0.305 e. The van der Waals surface area contributed by atoms with Crippen LogP contribution in [0.1, 0.15) is 5.69 Å². The molecule has 0 saturated heterocycles. The molecule has 0 amide bonds. The number of nitrogens with zero attached hydrogens (tertiary/aromatic N) is 3. The number of rotatable bonds is 5. The number of hydrogen-bond acceptors (Lipinski definition) is 6. The lowest BCUT2D eigenvalue weighted by molar-refractivity contribution is -0.385. The highest BCUT2D eigenvalue weighted by atomic mass is 16.6. The second-order valence-corrected chi connectivity index (χ2v) is 4.88. The van der Waals surface area contributed by atoms with Crippen molar-refractivity contribution in [3.05, 3.63) is 82.5 Å². The molecule has 2 aromatic carbocycles. The lowest BCUT2D eigenvalue weighted by Crippen LogP contribution is -1.97. The number of nitriles is 1. The Balaban J connectivity index is 1.81. The van der Waals surface area contributed by atoms with E-state index in [0.29, 0.717) is 17.2 Å². The summed E-state index contributed by atoms with van der Waals surface area (Å²) in [5.74, 6) is 1.75. The predicted octanol–water partition coefficient (Wildman–Crippen LogP) is 4.45. The molecule has 25 heavy (non-hydrogen) atoms. The summed E-state index contributed by atoms with van der Waals surface area (Å²) in [7, 11) is 0. The zero-order valence-electron chi connectivity index (χ0n) is 12.8.